The van der Waals surface area contributed by atoms with E-state index in [0.29, 0.717) is 5.56 Å². The van der Waals surface area contributed by atoms with Gasteiger partial charge in [-0.1, -0.05) is 11.6 Å². The first-order valence-corrected chi connectivity index (χ1v) is 6.48. The van der Waals surface area contributed by atoms with Gasteiger partial charge in [0.05, 0.1) is 0 Å². The number of fused-ring (bicyclic) bond motifs is 2. The van der Waals surface area contributed by atoms with Gasteiger partial charge in [0.1, 0.15) is 5.82 Å². The highest BCUT2D eigenvalue weighted by atomic mass is 35.5. The van der Waals surface area contributed by atoms with Crippen LogP contribution in [-0.2, 0) is 0 Å². The Morgan fingerprint density at radius 3 is 2.72 bits per heavy atom. The van der Waals surface area contributed by atoms with Crippen molar-refractivity contribution in [3.05, 3.63) is 34.6 Å². The maximum absolute atomic E-state index is 13.3. The minimum absolute atomic E-state index is 0.0525. The highest BCUT2D eigenvalue weighted by Crippen LogP contribution is 2.38. The molecule has 0 unspecified atom stereocenters. The van der Waals surface area contributed by atoms with Crippen LogP contribution in [-0.4, -0.2) is 28.9 Å². The molecule has 3 nitrogen and oxygen atoms in total. The molecule has 2 aliphatic heterocycles. The molecule has 0 aliphatic carbocycles. The van der Waals surface area contributed by atoms with Crippen LogP contribution in [0, 0.1) is 5.82 Å². The normalized spacial score (nSPS) is 29.9. The Morgan fingerprint density at radius 1 is 1.39 bits per heavy atom. The third kappa shape index (κ3) is 1.80. The van der Waals surface area contributed by atoms with Crippen molar-refractivity contribution in [2.75, 3.05) is 0 Å². The van der Waals surface area contributed by atoms with Crippen molar-refractivity contribution in [2.24, 2.45) is 5.73 Å². The molecule has 2 saturated heterocycles. The largest absolute Gasteiger partial charge is 0.331 e. The van der Waals surface area contributed by atoms with Crippen molar-refractivity contribution in [1.82, 2.24) is 4.90 Å². The third-order valence-corrected chi connectivity index (χ3v) is 4.15. The van der Waals surface area contributed by atoms with Crippen LogP contribution in [0.2, 0.25) is 5.02 Å². The number of hydrogen-bond donors (Lipinski definition) is 1. The van der Waals surface area contributed by atoms with Gasteiger partial charge < -0.3 is 10.6 Å². The number of rotatable bonds is 1. The maximum atomic E-state index is 13.3. The summed E-state index contributed by atoms with van der Waals surface area (Å²) in [5.41, 5.74) is 6.30. The van der Waals surface area contributed by atoms with Crippen LogP contribution in [0.15, 0.2) is 18.2 Å². The highest BCUT2D eigenvalue weighted by Gasteiger charge is 2.47. The molecular weight excluding hydrogens is 255 g/mol. The van der Waals surface area contributed by atoms with E-state index in [0.717, 1.165) is 19.3 Å². The Kier molecular flexibility index (Phi) is 2.79. The molecular formula is C13H14ClFN2O. The lowest BCUT2D eigenvalue weighted by atomic mass is 9.97. The second kappa shape index (κ2) is 4.21. The lowest BCUT2D eigenvalue weighted by Gasteiger charge is -2.23. The number of carbonyl (C=O) groups is 1. The van der Waals surface area contributed by atoms with Gasteiger partial charge in [-0.3, -0.25) is 4.79 Å². The molecule has 3 rings (SSSR count). The number of carbonyl (C=O) groups excluding carboxylic acids is 1. The molecule has 5 heteroatoms. The molecule has 2 aliphatic rings. The first-order valence-electron chi connectivity index (χ1n) is 6.10. The number of nitrogens with two attached hydrogens (primary N) is 1. The van der Waals surface area contributed by atoms with Gasteiger partial charge in [-0.05, 0) is 37.5 Å². The van der Waals surface area contributed by atoms with Crippen LogP contribution >= 0.6 is 11.6 Å². The molecule has 2 fully saturated rings. The predicted octanol–water partition coefficient (Wildman–Crippen LogP) is 2.18. The van der Waals surface area contributed by atoms with Crippen molar-refractivity contribution in [3.63, 3.8) is 0 Å². The van der Waals surface area contributed by atoms with Crippen molar-refractivity contribution < 1.29 is 9.18 Å². The van der Waals surface area contributed by atoms with E-state index in [1.165, 1.54) is 18.2 Å². The van der Waals surface area contributed by atoms with Crippen LogP contribution in [0.4, 0.5) is 4.39 Å². The molecule has 1 aromatic rings. The Morgan fingerprint density at radius 2 is 2.17 bits per heavy atom. The van der Waals surface area contributed by atoms with E-state index in [1.807, 2.05) is 4.90 Å². The minimum Gasteiger partial charge on any atom is -0.331 e. The Labute approximate surface area is 110 Å². The van der Waals surface area contributed by atoms with E-state index < -0.39 is 5.82 Å². The van der Waals surface area contributed by atoms with Gasteiger partial charge in [-0.2, -0.15) is 0 Å². The fourth-order valence-electron chi connectivity index (χ4n) is 3.18. The number of nitrogens with zero attached hydrogens (tertiary/aromatic N) is 1. The molecule has 2 bridgehead atoms. The van der Waals surface area contributed by atoms with Gasteiger partial charge in [-0.15, -0.1) is 0 Å². The van der Waals surface area contributed by atoms with E-state index in [-0.39, 0.29) is 29.1 Å². The molecule has 0 radical (unpaired) electrons. The minimum atomic E-state index is -0.485. The van der Waals surface area contributed by atoms with Crippen LogP contribution < -0.4 is 5.73 Å². The Balaban J connectivity index is 1.91. The molecule has 0 saturated carbocycles. The summed E-state index contributed by atoms with van der Waals surface area (Å²) >= 11 is 5.78. The molecule has 2 N–H and O–H groups in total. The quantitative estimate of drug-likeness (QED) is 0.849. The summed E-state index contributed by atoms with van der Waals surface area (Å²) < 4.78 is 13.3. The molecule has 0 aromatic heterocycles. The van der Waals surface area contributed by atoms with E-state index >= 15 is 0 Å². The fraction of sp³-hybridized carbons (Fsp3) is 0.462. The van der Waals surface area contributed by atoms with Gasteiger partial charge in [-0.25, -0.2) is 4.39 Å². The zero-order valence-electron chi connectivity index (χ0n) is 9.77. The average Bonchev–Trinajstić information content (AvgIpc) is 2.83. The lowest BCUT2D eigenvalue weighted by Crippen LogP contribution is -2.40. The van der Waals surface area contributed by atoms with Crippen LogP contribution in [0.3, 0.4) is 0 Å². The first kappa shape index (κ1) is 11.9. The van der Waals surface area contributed by atoms with E-state index in [9.17, 15) is 9.18 Å². The second-order valence-corrected chi connectivity index (χ2v) is 5.51. The highest BCUT2D eigenvalue weighted by molar-refractivity contribution is 6.31. The molecule has 1 aromatic carbocycles. The van der Waals surface area contributed by atoms with Crippen molar-refractivity contribution in [1.29, 1.82) is 0 Å². The second-order valence-electron chi connectivity index (χ2n) is 5.07. The summed E-state index contributed by atoms with van der Waals surface area (Å²) in [6, 6.07) is 4.30. The van der Waals surface area contributed by atoms with Crippen molar-refractivity contribution in [2.45, 2.75) is 37.4 Å². The number of amides is 1. The SMILES string of the molecule is N[C@@H]1C[C@H]2CC[C@@H]1N2C(=O)c1cc(F)cc(Cl)c1. The summed E-state index contributed by atoms with van der Waals surface area (Å²) in [4.78, 5) is 14.2. The van der Waals surface area contributed by atoms with Gasteiger partial charge >= 0.3 is 0 Å². The van der Waals surface area contributed by atoms with Gasteiger partial charge in [0.15, 0.2) is 0 Å². The predicted molar refractivity (Wildman–Crippen MR) is 67.0 cm³/mol. The monoisotopic (exact) mass is 268 g/mol. The van der Waals surface area contributed by atoms with Crippen LogP contribution in [0.25, 0.3) is 0 Å². The van der Waals surface area contributed by atoms with Crippen molar-refractivity contribution >= 4 is 17.5 Å². The molecule has 0 spiro atoms. The van der Waals surface area contributed by atoms with Crippen LogP contribution in [0.5, 0.6) is 0 Å². The van der Waals surface area contributed by atoms with Crippen molar-refractivity contribution in [3.8, 4) is 0 Å². The van der Waals surface area contributed by atoms with E-state index in [2.05, 4.69) is 0 Å². The van der Waals surface area contributed by atoms with Gasteiger partial charge in [0, 0.05) is 28.7 Å². The summed E-state index contributed by atoms with van der Waals surface area (Å²) in [7, 11) is 0. The van der Waals surface area contributed by atoms with Gasteiger partial charge in [0.25, 0.3) is 5.91 Å². The number of hydrogen-bond acceptors (Lipinski definition) is 2. The van der Waals surface area contributed by atoms with Gasteiger partial charge in [0.2, 0.25) is 0 Å². The summed E-state index contributed by atoms with van der Waals surface area (Å²) in [6.45, 7) is 0. The van der Waals surface area contributed by atoms with E-state index in [4.69, 9.17) is 17.3 Å². The molecule has 2 heterocycles. The molecule has 3 atom stereocenters. The fourth-order valence-corrected chi connectivity index (χ4v) is 3.40. The zero-order valence-corrected chi connectivity index (χ0v) is 10.5. The number of halogens is 2. The number of benzene rings is 1. The Bertz CT molecular complexity index is 488. The standard InChI is InChI=1S/C13H14ClFN2O/c14-8-3-7(4-9(15)5-8)13(18)17-10-1-2-12(17)11(16)6-10/h3-5,10-12H,1-2,6,16H2/t10-,11-,12+/m1/s1. The first-order chi connectivity index (χ1) is 8.56. The third-order valence-electron chi connectivity index (χ3n) is 3.93. The smallest absolute Gasteiger partial charge is 0.254 e. The lowest BCUT2D eigenvalue weighted by molar-refractivity contribution is 0.0726. The topological polar surface area (TPSA) is 46.3 Å². The van der Waals surface area contributed by atoms with Crippen LogP contribution in [0.1, 0.15) is 29.6 Å². The van der Waals surface area contributed by atoms with E-state index in [1.54, 1.807) is 0 Å². The summed E-state index contributed by atoms with van der Waals surface area (Å²) in [5.74, 6) is -0.640. The summed E-state index contributed by atoms with van der Waals surface area (Å²) in [5, 5.41) is 0.245. The average molecular weight is 269 g/mol. The molecule has 18 heavy (non-hydrogen) atoms. The summed E-state index contributed by atoms with van der Waals surface area (Å²) in [6.07, 6.45) is 2.78. The Hall–Kier alpha value is -1.13. The molecule has 96 valence electrons. The maximum Gasteiger partial charge on any atom is 0.254 e. The zero-order chi connectivity index (χ0) is 12.9. The molecule has 1 amide bonds.